The Bertz CT molecular complexity index is 561. The van der Waals surface area contributed by atoms with Gasteiger partial charge < -0.3 is 0 Å². The quantitative estimate of drug-likeness (QED) is 0.589. The van der Waals surface area contributed by atoms with E-state index in [0.29, 0.717) is 16.3 Å². The van der Waals surface area contributed by atoms with E-state index in [9.17, 15) is 22.4 Å². The van der Waals surface area contributed by atoms with Crippen molar-refractivity contribution in [3.05, 3.63) is 58.1 Å². The van der Waals surface area contributed by atoms with Gasteiger partial charge in [0.25, 0.3) is 12.9 Å². The van der Waals surface area contributed by atoms with Crippen LogP contribution in [0, 0.1) is 0 Å². The van der Waals surface area contributed by atoms with Crippen LogP contribution in [0.5, 0.6) is 0 Å². The van der Waals surface area contributed by atoms with E-state index in [1.165, 1.54) is 24.4 Å². The van der Waals surface area contributed by atoms with Crippen molar-refractivity contribution < 1.29 is 22.4 Å². The molecular formula is C13H9BrF4N2O. The Hall–Kier alpha value is -1.83. The van der Waals surface area contributed by atoms with Crippen molar-refractivity contribution in [2.75, 3.05) is 0 Å². The summed E-state index contributed by atoms with van der Waals surface area (Å²) in [6.07, 6.45) is -2.03. The van der Waals surface area contributed by atoms with E-state index in [0.717, 1.165) is 12.3 Å². The highest BCUT2D eigenvalue weighted by Gasteiger charge is 2.07. The summed E-state index contributed by atoms with van der Waals surface area (Å²) in [7, 11) is 0. The zero-order chi connectivity index (χ0) is 15.8. The predicted molar refractivity (Wildman–Crippen MR) is 71.5 cm³/mol. The first kappa shape index (κ1) is 17.2. The molecule has 0 radical (unpaired) electrons. The minimum absolute atomic E-state index is 0.191. The molecule has 21 heavy (non-hydrogen) atoms. The highest BCUT2D eigenvalue weighted by molar-refractivity contribution is 9.10. The monoisotopic (exact) mass is 364 g/mol. The molecule has 2 heterocycles. The highest BCUT2D eigenvalue weighted by Crippen LogP contribution is 2.17. The van der Waals surface area contributed by atoms with E-state index in [2.05, 4.69) is 25.9 Å². The number of carbonyl (C=O) groups is 1. The van der Waals surface area contributed by atoms with Crippen molar-refractivity contribution in [2.45, 2.75) is 12.9 Å². The van der Waals surface area contributed by atoms with E-state index in [-0.39, 0.29) is 11.4 Å². The van der Waals surface area contributed by atoms with E-state index in [1.54, 1.807) is 0 Å². The van der Waals surface area contributed by atoms with Crippen molar-refractivity contribution in [3.8, 4) is 0 Å². The molecular weight excluding hydrogens is 356 g/mol. The molecule has 0 aliphatic heterocycles. The molecule has 2 aromatic heterocycles. The van der Waals surface area contributed by atoms with Gasteiger partial charge in [-0.25, -0.2) is 17.6 Å². The van der Waals surface area contributed by atoms with Crippen LogP contribution in [0.2, 0.25) is 0 Å². The Balaban J connectivity index is 0.000000211. The molecule has 0 unspecified atom stereocenters. The number of aldehydes is 1. The molecule has 0 N–H and O–H groups in total. The molecule has 2 aromatic rings. The first-order chi connectivity index (χ1) is 9.93. The van der Waals surface area contributed by atoms with Crippen LogP contribution in [0.1, 0.15) is 34.6 Å². The zero-order valence-electron chi connectivity index (χ0n) is 10.4. The van der Waals surface area contributed by atoms with Gasteiger partial charge in [-0.05, 0) is 40.2 Å². The molecule has 0 spiro atoms. The Morgan fingerprint density at radius 1 is 0.905 bits per heavy atom. The van der Waals surface area contributed by atoms with Gasteiger partial charge in [0.2, 0.25) is 0 Å². The molecule has 112 valence electrons. The van der Waals surface area contributed by atoms with Crippen molar-refractivity contribution in [2.24, 2.45) is 0 Å². The highest BCUT2D eigenvalue weighted by atomic mass is 79.9. The first-order valence-electron chi connectivity index (χ1n) is 5.53. The lowest BCUT2D eigenvalue weighted by Gasteiger charge is -1.96. The molecule has 0 amide bonds. The third-order valence-electron chi connectivity index (χ3n) is 2.14. The minimum Gasteiger partial charge on any atom is -0.298 e. The maximum absolute atomic E-state index is 11.9. The smallest absolute Gasteiger partial charge is 0.280 e. The minimum atomic E-state index is -2.57. The first-order valence-corrected chi connectivity index (χ1v) is 6.32. The number of halogens is 5. The molecule has 0 aliphatic carbocycles. The van der Waals surface area contributed by atoms with Crippen LogP contribution < -0.4 is 0 Å². The van der Waals surface area contributed by atoms with Crippen molar-refractivity contribution in [3.63, 3.8) is 0 Å². The Kier molecular flexibility index (Phi) is 6.93. The fraction of sp³-hybridized carbons (Fsp3) is 0.154. The topological polar surface area (TPSA) is 42.9 Å². The molecule has 0 fully saturated rings. The van der Waals surface area contributed by atoms with Crippen LogP contribution in [0.25, 0.3) is 0 Å². The van der Waals surface area contributed by atoms with Crippen LogP contribution in [0.4, 0.5) is 17.6 Å². The molecule has 0 saturated carbocycles. The summed E-state index contributed by atoms with van der Waals surface area (Å²) in [5.74, 6) is 0. The van der Waals surface area contributed by atoms with Crippen molar-refractivity contribution in [1.82, 2.24) is 9.97 Å². The molecule has 0 atom stereocenters. The third-order valence-corrected chi connectivity index (χ3v) is 2.61. The number of rotatable bonds is 3. The zero-order valence-corrected chi connectivity index (χ0v) is 12.0. The number of alkyl halides is 4. The Labute approximate surface area is 126 Å². The van der Waals surface area contributed by atoms with Gasteiger partial charge in [-0.2, -0.15) is 0 Å². The molecule has 3 nitrogen and oxygen atoms in total. The summed E-state index contributed by atoms with van der Waals surface area (Å²) in [5.41, 5.74) is -0.201. The van der Waals surface area contributed by atoms with Gasteiger partial charge in [0.15, 0.2) is 6.29 Å². The Morgan fingerprint density at radius 2 is 1.43 bits per heavy atom. The largest absolute Gasteiger partial charge is 0.298 e. The van der Waals surface area contributed by atoms with Gasteiger partial charge in [-0.15, -0.1) is 0 Å². The Morgan fingerprint density at radius 3 is 1.76 bits per heavy atom. The number of nitrogens with zero attached hydrogens (tertiary/aromatic N) is 2. The van der Waals surface area contributed by atoms with Gasteiger partial charge in [0.1, 0.15) is 11.4 Å². The molecule has 0 aromatic carbocycles. The lowest BCUT2D eigenvalue weighted by molar-refractivity contribution is 0.112. The molecule has 0 saturated heterocycles. The second-order valence-electron chi connectivity index (χ2n) is 3.64. The molecule has 8 heteroatoms. The van der Waals surface area contributed by atoms with E-state index in [4.69, 9.17) is 0 Å². The van der Waals surface area contributed by atoms with Gasteiger partial charge in [-0.3, -0.25) is 14.8 Å². The molecule has 0 bridgehead atoms. The van der Waals surface area contributed by atoms with Crippen LogP contribution in [-0.4, -0.2) is 16.3 Å². The maximum Gasteiger partial charge on any atom is 0.280 e. The second-order valence-corrected chi connectivity index (χ2v) is 4.55. The van der Waals surface area contributed by atoms with Gasteiger partial charge in [0.05, 0.1) is 0 Å². The van der Waals surface area contributed by atoms with Crippen LogP contribution in [0.3, 0.4) is 0 Å². The van der Waals surface area contributed by atoms with Crippen LogP contribution in [0.15, 0.2) is 41.1 Å². The lowest BCUT2D eigenvalue weighted by atomic mass is 10.3. The predicted octanol–water partition coefficient (Wildman–Crippen LogP) is 4.61. The van der Waals surface area contributed by atoms with Gasteiger partial charge in [-0.1, -0.05) is 0 Å². The average Bonchev–Trinajstić information content (AvgIpc) is 2.48. The summed E-state index contributed by atoms with van der Waals surface area (Å²) in [6.45, 7) is 0. The lowest BCUT2D eigenvalue weighted by Crippen LogP contribution is -1.90. The number of carbonyl (C=O) groups excluding carboxylic acids is 1. The number of hydrogen-bond acceptors (Lipinski definition) is 3. The van der Waals surface area contributed by atoms with Gasteiger partial charge >= 0.3 is 0 Å². The molecule has 0 aliphatic rings. The van der Waals surface area contributed by atoms with Gasteiger partial charge in [0, 0.05) is 22.4 Å². The fourth-order valence-electron chi connectivity index (χ4n) is 1.13. The average molecular weight is 365 g/mol. The van der Waals surface area contributed by atoms with Crippen molar-refractivity contribution >= 4 is 22.2 Å². The third kappa shape index (κ3) is 5.99. The van der Waals surface area contributed by atoms with E-state index in [1.807, 2.05) is 0 Å². The number of hydrogen-bond donors (Lipinski definition) is 0. The molecule has 2 rings (SSSR count). The van der Waals surface area contributed by atoms with E-state index >= 15 is 0 Å². The van der Waals surface area contributed by atoms with Crippen LogP contribution >= 0.6 is 15.9 Å². The summed E-state index contributed by atoms with van der Waals surface area (Å²) in [5, 5.41) is 0. The number of pyridine rings is 2. The SMILES string of the molecule is FC(F)c1ccc(Br)cn1.O=Cc1ccc(C(F)F)nc1. The van der Waals surface area contributed by atoms with Crippen LogP contribution in [-0.2, 0) is 0 Å². The normalized spacial score (nSPS) is 10.2. The summed E-state index contributed by atoms with van der Waals surface area (Å²) in [4.78, 5) is 16.9. The standard InChI is InChI=1S/C7H5F2NO.C6H4BrF2N/c8-7(9)6-2-1-5(4-11)3-10-6;7-4-1-2-5(6(8)9)10-3-4/h1-4,7H;1-3,6H. The van der Waals surface area contributed by atoms with Crippen molar-refractivity contribution in [1.29, 1.82) is 0 Å². The second kappa shape index (κ2) is 8.46. The summed E-state index contributed by atoms with van der Waals surface area (Å²) in [6, 6.07) is 5.26. The maximum atomic E-state index is 11.9. The number of aromatic nitrogens is 2. The summed E-state index contributed by atoms with van der Waals surface area (Å²) >= 11 is 3.09. The van der Waals surface area contributed by atoms with E-state index < -0.39 is 12.9 Å². The summed E-state index contributed by atoms with van der Waals surface area (Å²) < 4.78 is 48.1. The fourth-order valence-corrected chi connectivity index (χ4v) is 1.37.